The number of rotatable bonds is 16. The summed E-state index contributed by atoms with van der Waals surface area (Å²) in [5, 5.41) is 15.2. The van der Waals surface area contributed by atoms with Gasteiger partial charge >= 0.3 is 7.82 Å². The van der Waals surface area contributed by atoms with Crippen LogP contribution in [0.3, 0.4) is 0 Å². The number of nitrogens with one attached hydrogen (secondary N) is 2. The minimum Gasteiger partial charge on any atom is -0.383 e. The van der Waals surface area contributed by atoms with Crippen molar-refractivity contribution in [2.75, 3.05) is 25.4 Å². The standard InChI is InChI=1S/C18H35N2O8PS/c1-4-5-6-7-8-15(22)30-12-11-19-14(21)9-10-20-17(24)16(23)18(2,3)13-28-29(25,26)27/h16,23H,4-13H2,1-3H3,(H,19,21)(H,20,24)(H2,25,26,27)/t16-/m1/s1. The number of phosphoric acid groups is 1. The number of unbranched alkanes of at least 4 members (excludes halogenated alkanes) is 3. The van der Waals surface area contributed by atoms with Crippen molar-refractivity contribution in [2.24, 2.45) is 5.41 Å². The Labute approximate surface area is 182 Å². The van der Waals surface area contributed by atoms with Gasteiger partial charge < -0.3 is 25.5 Å². The molecule has 0 bridgehead atoms. The Morgan fingerprint density at radius 3 is 2.33 bits per heavy atom. The molecule has 0 aliphatic heterocycles. The number of hydrogen-bond donors (Lipinski definition) is 5. The maximum absolute atomic E-state index is 12.0. The summed E-state index contributed by atoms with van der Waals surface area (Å²) >= 11 is 1.19. The first-order valence-electron chi connectivity index (χ1n) is 9.97. The molecule has 0 aliphatic carbocycles. The van der Waals surface area contributed by atoms with Crippen LogP contribution in [0.25, 0.3) is 0 Å². The lowest BCUT2D eigenvalue weighted by Gasteiger charge is -2.29. The van der Waals surface area contributed by atoms with Gasteiger partial charge in [-0.3, -0.25) is 18.9 Å². The van der Waals surface area contributed by atoms with Crippen molar-refractivity contribution in [3.63, 3.8) is 0 Å². The highest BCUT2D eigenvalue weighted by Crippen LogP contribution is 2.38. The van der Waals surface area contributed by atoms with E-state index in [0.717, 1.165) is 25.7 Å². The molecule has 0 aromatic rings. The molecular formula is C18H35N2O8PS. The fraction of sp³-hybridized carbons (Fsp3) is 0.833. The Morgan fingerprint density at radius 1 is 1.07 bits per heavy atom. The molecule has 0 radical (unpaired) electrons. The Morgan fingerprint density at radius 2 is 1.73 bits per heavy atom. The van der Waals surface area contributed by atoms with Crippen molar-refractivity contribution in [3.05, 3.63) is 0 Å². The van der Waals surface area contributed by atoms with E-state index in [-0.39, 0.29) is 24.0 Å². The van der Waals surface area contributed by atoms with Crippen LogP contribution in [-0.2, 0) is 23.5 Å². The Bertz CT molecular complexity index is 597. The number of carbonyl (C=O) groups excluding carboxylic acids is 3. The van der Waals surface area contributed by atoms with Gasteiger partial charge in [0.05, 0.1) is 6.61 Å². The summed E-state index contributed by atoms with van der Waals surface area (Å²) in [7, 11) is -4.71. The van der Waals surface area contributed by atoms with Crippen molar-refractivity contribution >= 4 is 36.5 Å². The van der Waals surface area contributed by atoms with E-state index < -0.39 is 31.9 Å². The lowest BCUT2D eigenvalue weighted by molar-refractivity contribution is -0.137. The molecule has 0 aromatic carbocycles. The second-order valence-electron chi connectivity index (χ2n) is 7.58. The molecule has 0 heterocycles. The zero-order valence-electron chi connectivity index (χ0n) is 17.9. The topological polar surface area (TPSA) is 162 Å². The smallest absolute Gasteiger partial charge is 0.383 e. The molecule has 12 heteroatoms. The van der Waals surface area contributed by atoms with Crippen LogP contribution in [0, 0.1) is 5.41 Å². The molecule has 1 atom stereocenters. The third-order valence-corrected chi connectivity index (χ3v) is 5.57. The van der Waals surface area contributed by atoms with Crippen LogP contribution < -0.4 is 10.6 Å². The predicted molar refractivity (Wildman–Crippen MR) is 115 cm³/mol. The van der Waals surface area contributed by atoms with Crippen LogP contribution in [0.5, 0.6) is 0 Å². The fourth-order valence-electron chi connectivity index (χ4n) is 2.29. The lowest BCUT2D eigenvalue weighted by Crippen LogP contribution is -2.46. The Balaban J connectivity index is 3.97. The second kappa shape index (κ2) is 14.9. The number of aliphatic hydroxyl groups excluding tert-OH is 1. The van der Waals surface area contributed by atoms with E-state index in [2.05, 4.69) is 22.1 Å². The molecule has 0 spiro atoms. The third-order valence-electron chi connectivity index (χ3n) is 4.17. The molecule has 5 N–H and O–H groups in total. The summed E-state index contributed by atoms with van der Waals surface area (Å²) in [4.78, 5) is 52.9. The fourth-order valence-corrected chi connectivity index (χ4v) is 3.51. The van der Waals surface area contributed by atoms with Gasteiger partial charge in [0.2, 0.25) is 11.8 Å². The maximum Gasteiger partial charge on any atom is 0.469 e. The summed E-state index contributed by atoms with van der Waals surface area (Å²) in [6.45, 7) is 4.75. The predicted octanol–water partition coefficient (Wildman–Crippen LogP) is 1.34. The highest BCUT2D eigenvalue weighted by atomic mass is 32.2. The van der Waals surface area contributed by atoms with Gasteiger partial charge in [0, 0.05) is 37.1 Å². The maximum atomic E-state index is 12.0. The van der Waals surface area contributed by atoms with E-state index >= 15 is 0 Å². The number of phosphoric ester groups is 1. The van der Waals surface area contributed by atoms with Crippen molar-refractivity contribution < 1.29 is 38.4 Å². The average Bonchev–Trinajstić information content (AvgIpc) is 2.66. The zero-order valence-corrected chi connectivity index (χ0v) is 19.6. The molecular weight excluding hydrogens is 435 g/mol. The minimum atomic E-state index is -4.71. The summed E-state index contributed by atoms with van der Waals surface area (Å²) in [5.74, 6) is -0.590. The molecule has 10 nitrogen and oxygen atoms in total. The molecule has 0 aliphatic rings. The van der Waals surface area contributed by atoms with Crippen LogP contribution in [0.1, 0.15) is 59.3 Å². The first kappa shape index (κ1) is 29.0. The Hall–Kier alpha value is -0.970. The highest BCUT2D eigenvalue weighted by Gasteiger charge is 2.35. The molecule has 0 rings (SSSR count). The van der Waals surface area contributed by atoms with E-state index in [0.29, 0.717) is 18.7 Å². The molecule has 0 saturated carbocycles. The van der Waals surface area contributed by atoms with Gasteiger partial charge in [-0.25, -0.2) is 4.57 Å². The van der Waals surface area contributed by atoms with Crippen LogP contribution in [-0.4, -0.2) is 63.4 Å². The average molecular weight is 471 g/mol. The molecule has 0 aromatic heterocycles. The zero-order chi connectivity index (χ0) is 23.2. The molecule has 30 heavy (non-hydrogen) atoms. The van der Waals surface area contributed by atoms with Crippen molar-refractivity contribution in [1.82, 2.24) is 10.6 Å². The first-order valence-corrected chi connectivity index (χ1v) is 12.5. The van der Waals surface area contributed by atoms with Gasteiger partial charge in [-0.1, -0.05) is 51.8 Å². The number of hydrogen-bond acceptors (Lipinski definition) is 7. The van der Waals surface area contributed by atoms with Crippen molar-refractivity contribution in [1.29, 1.82) is 0 Å². The Kier molecular flexibility index (Phi) is 14.5. The van der Waals surface area contributed by atoms with Crippen molar-refractivity contribution in [2.45, 2.75) is 65.4 Å². The van der Waals surface area contributed by atoms with Gasteiger partial charge in [0.25, 0.3) is 0 Å². The minimum absolute atomic E-state index is 0.00645. The number of aliphatic hydroxyl groups is 1. The summed E-state index contributed by atoms with van der Waals surface area (Å²) < 4.78 is 15.1. The second-order valence-corrected chi connectivity index (χ2v) is 9.97. The molecule has 0 saturated heterocycles. The first-order chi connectivity index (χ1) is 13.9. The summed E-state index contributed by atoms with van der Waals surface area (Å²) in [6, 6.07) is 0. The largest absolute Gasteiger partial charge is 0.469 e. The van der Waals surface area contributed by atoms with E-state index in [1.165, 1.54) is 25.6 Å². The normalized spacial score (nSPS) is 13.0. The highest BCUT2D eigenvalue weighted by molar-refractivity contribution is 8.13. The molecule has 0 fully saturated rings. The van der Waals surface area contributed by atoms with Crippen LogP contribution in [0.15, 0.2) is 0 Å². The SMILES string of the molecule is CCCCCCC(=O)SCCNC(=O)CCNC(=O)[C@@H](O)C(C)(C)COP(=O)(O)O. The van der Waals surface area contributed by atoms with E-state index in [1.54, 1.807) is 0 Å². The van der Waals surface area contributed by atoms with Gasteiger partial charge in [-0.2, -0.15) is 0 Å². The van der Waals surface area contributed by atoms with Crippen LogP contribution in [0.2, 0.25) is 0 Å². The number of amides is 2. The van der Waals surface area contributed by atoms with Gasteiger partial charge in [-0.15, -0.1) is 0 Å². The van der Waals surface area contributed by atoms with Gasteiger partial charge in [-0.05, 0) is 6.42 Å². The van der Waals surface area contributed by atoms with Crippen molar-refractivity contribution in [3.8, 4) is 0 Å². The summed E-state index contributed by atoms with van der Waals surface area (Å²) in [6.07, 6.45) is 3.14. The molecule has 2 amide bonds. The molecule has 176 valence electrons. The number of thioether (sulfide) groups is 1. The van der Waals surface area contributed by atoms with Crippen LogP contribution >= 0.6 is 19.6 Å². The van der Waals surface area contributed by atoms with E-state index in [1.807, 2.05) is 0 Å². The summed E-state index contributed by atoms with van der Waals surface area (Å²) in [5.41, 5.74) is -1.24. The third kappa shape index (κ3) is 14.9. The van der Waals surface area contributed by atoms with Gasteiger partial charge in [0.1, 0.15) is 6.10 Å². The molecule has 0 unspecified atom stereocenters. The monoisotopic (exact) mass is 470 g/mol. The number of carbonyl (C=O) groups is 3. The van der Waals surface area contributed by atoms with E-state index in [4.69, 9.17) is 9.79 Å². The quantitative estimate of drug-likeness (QED) is 0.165. The van der Waals surface area contributed by atoms with Crippen LogP contribution in [0.4, 0.5) is 0 Å². The van der Waals surface area contributed by atoms with Gasteiger partial charge in [0.15, 0.2) is 5.12 Å². The lowest BCUT2D eigenvalue weighted by atomic mass is 9.87. The van der Waals surface area contributed by atoms with E-state index in [9.17, 15) is 24.1 Å².